The Morgan fingerprint density at radius 3 is 2.86 bits per heavy atom. The van der Waals surface area contributed by atoms with Gasteiger partial charge in [0.25, 0.3) is 0 Å². The van der Waals surface area contributed by atoms with Crippen LogP contribution in [-0.4, -0.2) is 11.7 Å². The minimum atomic E-state index is -0.635. The van der Waals surface area contributed by atoms with Gasteiger partial charge in [0.1, 0.15) is 0 Å². The highest BCUT2D eigenvalue weighted by Gasteiger charge is 2.04. The third kappa shape index (κ3) is 2.85. The molecule has 0 aliphatic rings. The number of primary amides is 1. The van der Waals surface area contributed by atoms with Crippen LogP contribution < -0.4 is 11.2 Å². The van der Waals surface area contributed by atoms with Crippen LogP contribution in [0.2, 0.25) is 0 Å². The Balaban J connectivity index is 2.81. The second-order valence-electron chi connectivity index (χ2n) is 2.88. The van der Waals surface area contributed by atoms with Crippen LogP contribution >= 0.6 is 11.3 Å². The van der Waals surface area contributed by atoms with Crippen LogP contribution in [0.1, 0.15) is 23.8 Å². The molecule has 0 aliphatic carbocycles. The first-order valence-electron chi connectivity index (χ1n) is 4.31. The molecule has 0 atom stereocenters. The molecule has 0 radical (unpaired) electrons. The third-order valence-electron chi connectivity index (χ3n) is 1.65. The highest BCUT2D eigenvalue weighted by atomic mass is 32.1. The summed E-state index contributed by atoms with van der Waals surface area (Å²) in [5.74, 6) is 0. The summed E-state index contributed by atoms with van der Waals surface area (Å²) < 4.78 is 0. The average Bonchev–Trinajstić information content (AvgIpc) is 2.53. The molecule has 0 aromatic carbocycles. The Kier molecular flexibility index (Phi) is 3.64. The van der Waals surface area contributed by atoms with Gasteiger partial charge in [-0.3, -0.25) is 0 Å². The van der Waals surface area contributed by atoms with Crippen molar-refractivity contribution in [2.45, 2.75) is 20.3 Å². The van der Waals surface area contributed by atoms with Crippen LogP contribution in [-0.2, 0) is 0 Å². The lowest BCUT2D eigenvalue weighted by molar-refractivity contribution is 0.249. The van der Waals surface area contributed by atoms with Crippen molar-refractivity contribution in [2.24, 2.45) is 10.8 Å². The summed E-state index contributed by atoms with van der Waals surface area (Å²) in [6, 6.07) is 1.40. The Hall–Kier alpha value is -1.36. The molecule has 5 heteroatoms. The molecular formula is C9H13N3OS. The maximum atomic E-state index is 10.5. The van der Waals surface area contributed by atoms with Crippen LogP contribution in [0.15, 0.2) is 16.5 Å². The number of hydrogen-bond donors (Lipinski definition) is 2. The lowest BCUT2D eigenvalue weighted by atomic mass is 10.2. The Bertz CT molecular complexity index is 357. The van der Waals surface area contributed by atoms with E-state index in [4.69, 9.17) is 5.73 Å². The van der Waals surface area contributed by atoms with Crippen LogP contribution in [0.25, 0.3) is 0 Å². The van der Waals surface area contributed by atoms with Gasteiger partial charge in [0.05, 0.1) is 10.6 Å². The van der Waals surface area contributed by atoms with Gasteiger partial charge in [-0.2, -0.15) is 5.10 Å². The van der Waals surface area contributed by atoms with Gasteiger partial charge >= 0.3 is 6.03 Å². The number of carbonyl (C=O) groups is 1. The van der Waals surface area contributed by atoms with E-state index in [1.807, 2.05) is 25.3 Å². The highest BCUT2D eigenvalue weighted by molar-refractivity contribution is 7.12. The molecule has 0 saturated carbocycles. The molecule has 0 fully saturated rings. The molecule has 0 saturated heterocycles. The van der Waals surface area contributed by atoms with Crippen molar-refractivity contribution in [1.29, 1.82) is 0 Å². The fraction of sp³-hybridized carbons (Fsp3) is 0.333. The first-order chi connectivity index (χ1) is 6.63. The molecule has 1 heterocycles. The number of urea groups is 1. The molecule has 3 N–H and O–H groups in total. The molecule has 0 unspecified atom stereocenters. The van der Waals surface area contributed by atoms with Gasteiger partial charge in [-0.1, -0.05) is 6.92 Å². The number of nitrogens with two attached hydrogens (primary N) is 1. The van der Waals surface area contributed by atoms with Gasteiger partial charge in [-0.25, -0.2) is 10.2 Å². The second kappa shape index (κ2) is 4.76. The summed E-state index contributed by atoms with van der Waals surface area (Å²) in [5.41, 5.74) is 9.21. The van der Waals surface area contributed by atoms with Crippen LogP contribution in [0.5, 0.6) is 0 Å². The van der Waals surface area contributed by atoms with Gasteiger partial charge in [0.2, 0.25) is 0 Å². The highest BCUT2D eigenvalue weighted by Crippen LogP contribution is 2.15. The maximum Gasteiger partial charge on any atom is 0.332 e. The molecular weight excluding hydrogens is 198 g/mol. The van der Waals surface area contributed by atoms with Gasteiger partial charge in [0, 0.05) is 0 Å². The van der Waals surface area contributed by atoms with E-state index in [9.17, 15) is 4.79 Å². The van der Waals surface area contributed by atoms with Crippen LogP contribution in [0.4, 0.5) is 4.79 Å². The number of carbonyl (C=O) groups excluding carboxylic acids is 1. The maximum absolute atomic E-state index is 10.5. The van der Waals surface area contributed by atoms with Crippen molar-refractivity contribution in [2.75, 3.05) is 0 Å². The zero-order chi connectivity index (χ0) is 10.6. The second-order valence-corrected chi connectivity index (χ2v) is 3.79. The monoisotopic (exact) mass is 211 g/mol. The number of hydrogen-bond acceptors (Lipinski definition) is 3. The summed E-state index contributed by atoms with van der Waals surface area (Å²) in [6.07, 6.45) is 0.764. The van der Waals surface area contributed by atoms with E-state index in [1.165, 1.54) is 5.56 Å². The fourth-order valence-electron chi connectivity index (χ4n) is 1.01. The zero-order valence-corrected chi connectivity index (χ0v) is 9.02. The number of thiophene rings is 1. The quantitative estimate of drug-likeness (QED) is 0.581. The predicted octanol–water partition coefficient (Wildman–Crippen LogP) is 1.84. The van der Waals surface area contributed by atoms with E-state index in [0.717, 1.165) is 17.0 Å². The molecule has 1 rings (SSSR count). The minimum Gasteiger partial charge on any atom is -0.350 e. The molecule has 0 spiro atoms. The van der Waals surface area contributed by atoms with Crippen molar-refractivity contribution in [1.82, 2.24) is 5.43 Å². The molecule has 0 aliphatic heterocycles. The number of nitrogens with zero attached hydrogens (tertiary/aromatic N) is 1. The fourth-order valence-corrected chi connectivity index (χ4v) is 1.97. The Morgan fingerprint density at radius 2 is 2.43 bits per heavy atom. The third-order valence-corrected chi connectivity index (χ3v) is 2.75. The van der Waals surface area contributed by atoms with Gasteiger partial charge in [0.15, 0.2) is 0 Å². The summed E-state index contributed by atoms with van der Waals surface area (Å²) in [7, 11) is 0. The van der Waals surface area contributed by atoms with Crippen molar-refractivity contribution >= 4 is 23.1 Å². The first kappa shape index (κ1) is 10.7. The van der Waals surface area contributed by atoms with Crippen LogP contribution in [0, 0.1) is 6.92 Å². The molecule has 0 bridgehead atoms. The van der Waals surface area contributed by atoms with E-state index >= 15 is 0 Å². The van der Waals surface area contributed by atoms with Crippen molar-refractivity contribution < 1.29 is 4.79 Å². The zero-order valence-electron chi connectivity index (χ0n) is 8.20. The molecule has 1 aromatic heterocycles. The molecule has 2 amide bonds. The molecule has 4 nitrogen and oxygen atoms in total. The van der Waals surface area contributed by atoms with Crippen molar-refractivity contribution in [3.63, 3.8) is 0 Å². The van der Waals surface area contributed by atoms with Crippen molar-refractivity contribution in [3.05, 3.63) is 21.9 Å². The summed E-state index contributed by atoms with van der Waals surface area (Å²) in [5, 5.41) is 5.97. The Labute approximate surface area is 86.8 Å². The number of aryl methyl sites for hydroxylation is 1. The Morgan fingerprint density at radius 1 is 1.71 bits per heavy atom. The van der Waals surface area contributed by atoms with E-state index in [1.54, 1.807) is 11.3 Å². The largest absolute Gasteiger partial charge is 0.350 e. The normalized spacial score (nSPS) is 11.4. The number of rotatable bonds is 3. The number of amides is 2. The average molecular weight is 211 g/mol. The first-order valence-corrected chi connectivity index (χ1v) is 5.19. The van der Waals surface area contributed by atoms with E-state index in [0.29, 0.717) is 0 Å². The van der Waals surface area contributed by atoms with Crippen LogP contribution in [0.3, 0.4) is 0 Å². The van der Waals surface area contributed by atoms with E-state index < -0.39 is 6.03 Å². The number of nitrogens with one attached hydrogen (secondary N) is 1. The standard InChI is InChI=1S/C9H13N3OS/c1-3-7(11-12-9(10)13)8-4-6(2)5-14-8/h4-5H,3H2,1-2H3,(H3,10,12,13)/b11-7+. The SMILES string of the molecule is CC/C(=N\NC(N)=O)c1cc(C)cs1. The molecule has 14 heavy (non-hydrogen) atoms. The van der Waals surface area contributed by atoms with Gasteiger partial charge in [-0.05, 0) is 30.4 Å². The summed E-state index contributed by atoms with van der Waals surface area (Å²) in [6.45, 7) is 4.01. The van der Waals surface area contributed by atoms with Gasteiger partial charge < -0.3 is 5.73 Å². The van der Waals surface area contributed by atoms with Crippen molar-refractivity contribution in [3.8, 4) is 0 Å². The molecule has 1 aromatic rings. The topological polar surface area (TPSA) is 67.5 Å². The van der Waals surface area contributed by atoms with E-state index in [-0.39, 0.29) is 0 Å². The number of hydrazone groups is 1. The predicted molar refractivity (Wildman–Crippen MR) is 58.6 cm³/mol. The lowest BCUT2D eigenvalue weighted by Crippen LogP contribution is -2.25. The smallest absolute Gasteiger partial charge is 0.332 e. The minimum absolute atomic E-state index is 0.635. The van der Waals surface area contributed by atoms with Gasteiger partial charge in [-0.15, -0.1) is 11.3 Å². The molecule has 76 valence electrons. The van der Waals surface area contributed by atoms with E-state index in [2.05, 4.69) is 10.5 Å². The summed E-state index contributed by atoms with van der Waals surface area (Å²) >= 11 is 1.61. The lowest BCUT2D eigenvalue weighted by Gasteiger charge is -1.99. The summed E-state index contributed by atoms with van der Waals surface area (Å²) in [4.78, 5) is 11.5.